The van der Waals surface area contributed by atoms with Crippen LogP contribution in [0.4, 0.5) is 8.78 Å². The molecule has 12 heavy (non-hydrogen) atoms. The first-order valence-electron chi connectivity index (χ1n) is 3.40. The molecule has 1 aromatic rings. The molecule has 0 aromatic heterocycles. The summed E-state index contributed by atoms with van der Waals surface area (Å²) in [6.07, 6.45) is -0.0167. The van der Waals surface area contributed by atoms with E-state index in [4.69, 9.17) is 5.11 Å². The molecule has 0 saturated carbocycles. The first-order valence-corrected chi connectivity index (χ1v) is 3.40. The van der Waals surface area contributed by atoms with Gasteiger partial charge in [0, 0.05) is 6.42 Å². The molecule has 0 radical (unpaired) electrons. The maximum atomic E-state index is 12.6. The van der Waals surface area contributed by atoms with Crippen LogP contribution in [0.2, 0.25) is 0 Å². The maximum Gasteiger partial charge on any atom is 0.165 e. The highest BCUT2D eigenvalue weighted by Crippen LogP contribution is 2.17. The number of phenolic OH excluding ortho intramolecular Hbond substituents is 1. The van der Waals surface area contributed by atoms with Crippen molar-refractivity contribution < 1.29 is 13.9 Å². The van der Waals surface area contributed by atoms with Crippen LogP contribution in [0.3, 0.4) is 0 Å². The van der Waals surface area contributed by atoms with E-state index in [1.165, 1.54) is 12.1 Å². The Morgan fingerprint density at radius 2 is 2.17 bits per heavy atom. The molecule has 3 heteroatoms. The highest BCUT2D eigenvalue weighted by Gasteiger charge is 2.02. The van der Waals surface area contributed by atoms with Gasteiger partial charge in [0.15, 0.2) is 11.6 Å². The van der Waals surface area contributed by atoms with Gasteiger partial charge in [0.1, 0.15) is 0 Å². The van der Waals surface area contributed by atoms with Gasteiger partial charge in [-0.25, -0.2) is 8.78 Å². The van der Waals surface area contributed by atoms with Crippen molar-refractivity contribution in [3.8, 4) is 5.75 Å². The molecule has 0 heterocycles. The smallest absolute Gasteiger partial charge is 0.165 e. The zero-order valence-electron chi connectivity index (χ0n) is 6.35. The molecule has 1 N–H and O–H groups in total. The van der Waals surface area contributed by atoms with Crippen LogP contribution in [0, 0.1) is 5.82 Å². The summed E-state index contributed by atoms with van der Waals surface area (Å²) in [6, 6.07) is 3.72. The Balaban J connectivity index is 2.89. The first-order chi connectivity index (χ1) is 5.59. The minimum atomic E-state index is -0.742. The molecular weight excluding hydrogens is 162 g/mol. The van der Waals surface area contributed by atoms with Gasteiger partial charge in [-0.3, -0.25) is 0 Å². The summed E-state index contributed by atoms with van der Waals surface area (Å²) in [6.45, 7) is 3.05. The second kappa shape index (κ2) is 3.34. The van der Waals surface area contributed by atoms with Crippen molar-refractivity contribution in [1.82, 2.24) is 0 Å². The third kappa shape index (κ3) is 2.05. The Bertz CT molecular complexity index is 307. The second-order valence-electron chi connectivity index (χ2n) is 2.48. The highest BCUT2D eigenvalue weighted by molar-refractivity contribution is 5.29. The van der Waals surface area contributed by atoms with Crippen molar-refractivity contribution in [3.63, 3.8) is 0 Å². The fourth-order valence-electron chi connectivity index (χ4n) is 0.882. The Morgan fingerprint density at radius 3 is 2.67 bits per heavy atom. The molecule has 0 aliphatic heterocycles. The van der Waals surface area contributed by atoms with E-state index in [9.17, 15) is 8.78 Å². The van der Waals surface area contributed by atoms with E-state index in [-0.39, 0.29) is 6.42 Å². The number of benzene rings is 1. The number of allylic oxidation sites excluding steroid dienone is 1. The fraction of sp³-hybridized carbons (Fsp3) is 0.111. The molecule has 0 amide bonds. The zero-order valence-corrected chi connectivity index (χ0v) is 6.35. The minimum absolute atomic E-state index is 0.0167. The van der Waals surface area contributed by atoms with E-state index in [0.29, 0.717) is 5.56 Å². The largest absolute Gasteiger partial charge is 0.505 e. The number of rotatable bonds is 2. The van der Waals surface area contributed by atoms with Crippen LogP contribution in [0.15, 0.2) is 30.6 Å². The number of hydrogen-bond acceptors (Lipinski definition) is 1. The molecule has 0 fully saturated rings. The number of aromatic hydroxyl groups is 1. The molecule has 0 spiro atoms. The van der Waals surface area contributed by atoms with Crippen molar-refractivity contribution in [3.05, 3.63) is 42.0 Å². The lowest BCUT2D eigenvalue weighted by atomic mass is 10.1. The summed E-state index contributed by atoms with van der Waals surface area (Å²) in [5.74, 6) is -1.70. The van der Waals surface area contributed by atoms with Gasteiger partial charge in [-0.1, -0.05) is 12.6 Å². The van der Waals surface area contributed by atoms with Crippen molar-refractivity contribution >= 4 is 0 Å². The maximum absolute atomic E-state index is 12.6. The van der Waals surface area contributed by atoms with E-state index < -0.39 is 17.4 Å². The van der Waals surface area contributed by atoms with Crippen LogP contribution in [-0.4, -0.2) is 5.11 Å². The molecule has 0 saturated heterocycles. The third-order valence-corrected chi connectivity index (χ3v) is 1.41. The first kappa shape index (κ1) is 8.71. The van der Waals surface area contributed by atoms with Gasteiger partial charge < -0.3 is 5.11 Å². The Hall–Kier alpha value is -1.38. The monoisotopic (exact) mass is 170 g/mol. The molecular formula is C9H8F2O. The Morgan fingerprint density at radius 1 is 1.50 bits per heavy atom. The lowest BCUT2D eigenvalue weighted by Gasteiger charge is -1.99. The average molecular weight is 170 g/mol. The number of hydrogen-bond donors (Lipinski definition) is 1. The predicted octanol–water partition coefficient (Wildman–Crippen LogP) is 2.56. The van der Waals surface area contributed by atoms with E-state index in [0.717, 1.165) is 6.07 Å². The lowest BCUT2D eigenvalue weighted by Crippen LogP contribution is -1.86. The molecule has 0 aliphatic carbocycles. The summed E-state index contributed by atoms with van der Waals surface area (Å²) in [5.41, 5.74) is 0.456. The third-order valence-electron chi connectivity index (χ3n) is 1.41. The fourth-order valence-corrected chi connectivity index (χ4v) is 0.882. The van der Waals surface area contributed by atoms with Gasteiger partial charge in [0.25, 0.3) is 0 Å². The van der Waals surface area contributed by atoms with E-state index in [2.05, 4.69) is 6.58 Å². The molecule has 0 bridgehead atoms. The predicted molar refractivity (Wildman–Crippen MR) is 42.0 cm³/mol. The van der Waals surface area contributed by atoms with Gasteiger partial charge >= 0.3 is 0 Å². The molecule has 0 atom stereocenters. The molecule has 0 aliphatic rings. The Kier molecular flexibility index (Phi) is 2.43. The number of phenols is 1. The summed E-state index contributed by atoms with van der Waals surface area (Å²) < 4.78 is 24.9. The summed E-state index contributed by atoms with van der Waals surface area (Å²) in [4.78, 5) is 0. The van der Waals surface area contributed by atoms with Gasteiger partial charge in [-0.2, -0.15) is 0 Å². The van der Waals surface area contributed by atoms with Crippen molar-refractivity contribution in [2.24, 2.45) is 0 Å². The summed E-state index contributed by atoms with van der Waals surface area (Å²) in [7, 11) is 0. The topological polar surface area (TPSA) is 20.2 Å². The molecule has 1 aromatic carbocycles. The van der Waals surface area contributed by atoms with Crippen LogP contribution >= 0.6 is 0 Å². The van der Waals surface area contributed by atoms with Gasteiger partial charge in [0.05, 0.1) is 5.83 Å². The van der Waals surface area contributed by atoms with Crippen LogP contribution in [-0.2, 0) is 6.42 Å². The number of halogens is 2. The second-order valence-corrected chi connectivity index (χ2v) is 2.48. The minimum Gasteiger partial charge on any atom is -0.505 e. The van der Waals surface area contributed by atoms with E-state index >= 15 is 0 Å². The molecule has 64 valence electrons. The van der Waals surface area contributed by atoms with Crippen molar-refractivity contribution in [2.45, 2.75) is 6.42 Å². The SMILES string of the molecule is C=C(F)Cc1ccc(O)c(F)c1. The van der Waals surface area contributed by atoms with E-state index in [1.54, 1.807) is 0 Å². The van der Waals surface area contributed by atoms with Crippen LogP contribution in [0.5, 0.6) is 5.75 Å². The standard InChI is InChI=1S/C9H8F2O/c1-6(10)4-7-2-3-9(12)8(11)5-7/h2-3,5,12H,1,4H2. The average Bonchev–Trinajstić information content (AvgIpc) is 1.96. The molecule has 0 unspecified atom stereocenters. The van der Waals surface area contributed by atoms with Gasteiger partial charge in [0.2, 0.25) is 0 Å². The van der Waals surface area contributed by atoms with E-state index in [1.807, 2.05) is 0 Å². The van der Waals surface area contributed by atoms with Crippen molar-refractivity contribution in [2.75, 3.05) is 0 Å². The van der Waals surface area contributed by atoms with Crippen LogP contribution < -0.4 is 0 Å². The van der Waals surface area contributed by atoms with Crippen molar-refractivity contribution in [1.29, 1.82) is 0 Å². The normalized spacial score (nSPS) is 9.83. The van der Waals surface area contributed by atoms with Gasteiger partial charge in [-0.05, 0) is 17.7 Å². The van der Waals surface area contributed by atoms with Crippen LogP contribution in [0.1, 0.15) is 5.56 Å². The molecule has 1 nitrogen and oxygen atoms in total. The summed E-state index contributed by atoms with van der Waals surface area (Å²) in [5, 5.41) is 8.79. The Labute approximate surface area is 69.0 Å². The zero-order chi connectivity index (χ0) is 9.14. The van der Waals surface area contributed by atoms with Crippen LogP contribution in [0.25, 0.3) is 0 Å². The van der Waals surface area contributed by atoms with Gasteiger partial charge in [-0.15, -0.1) is 0 Å². The quantitative estimate of drug-likeness (QED) is 0.723. The summed E-state index contributed by atoms with van der Waals surface area (Å²) >= 11 is 0. The lowest BCUT2D eigenvalue weighted by molar-refractivity contribution is 0.431. The molecule has 1 rings (SSSR count). The highest BCUT2D eigenvalue weighted by atomic mass is 19.1.